The minimum absolute atomic E-state index is 0.121. The average Bonchev–Trinajstić information content (AvgIpc) is 3.29. The number of esters is 1. The molecule has 2 N–H and O–H groups in total. The second-order valence-corrected chi connectivity index (χ2v) is 9.92. The van der Waals surface area contributed by atoms with Crippen LogP contribution in [0.25, 0.3) is 11.3 Å². The number of ether oxygens (including phenoxy) is 1. The van der Waals surface area contributed by atoms with Crippen LogP contribution in [0.3, 0.4) is 0 Å². The van der Waals surface area contributed by atoms with Crippen LogP contribution >= 0.6 is 0 Å². The zero-order valence-corrected chi connectivity index (χ0v) is 23.0. The second kappa shape index (κ2) is 11.4. The number of rotatable bonds is 7. The Morgan fingerprint density at radius 1 is 1.05 bits per heavy atom. The molecule has 5 rings (SSSR count). The summed E-state index contributed by atoms with van der Waals surface area (Å²) in [5, 5.41) is 6.02. The SMILES string of the molecule is COC(=O)c1ccc2c(c1)NC(=O)/C2=C(\Nc1ccc(N(C)C(=O)CN(C)C)c(F)c1)c1ccc2c(c1)OOCC2. The third kappa shape index (κ3) is 5.63. The number of nitrogens with zero attached hydrogens (tertiary/aromatic N) is 2. The van der Waals surface area contributed by atoms with Crippen molar-refractivity contribution < 1.29 is 33.3 Å². The standard InChI is InChI=1S/C30H29FN4O6/c1-34(2)16-26(36)35(3)24-10-8-20(15-22(24)31)32-28(18-6-5-17-11-12-40-41-25(17)14-18)27-21-9-7-19(30(38)39-4)13-23(21)33-29(27)37/h5-10,13-15,32H,11-12,16H2,1-4H3,(H,33,37)/b28-27-. The number of amides is 2. The van der Waals surface area contributed by atoms with Crippen LogP contribution in [0, 0.1) is 5.82 Å². The lowest BCUT2D eigenvalue weighted by Crippen LogP contribution is -2.35. The van der Waals surface area contributed by atoms with Crippen LogP contribution in [-0.4, -0.2) is 64.1 Å². The summed E-state index contributed by atoms with van der Waals surface area (Å²) in [7, 11) is 6.32. The highest BCUT2D eigenvalue weighted by Gasteiger charge is 2.30. The Bertz CT molecular complexity index is 1590. The second-order valence-electron chi connectivity index (χ2n) is 9.92. The smallest absolute Gasteiger partial charge is 0.337 e. The Hall–Kier alpha value is -4.74. The number of methoxy groups -OCH3 is 1. The van der Waals surface area contributed by atoms with Gasteiger partial charge in [0.15, 0.2) is 5.75 Å². The molecule has 212 valence electrons. The van der Waals surface area contributed by atoms with Gasteiger partial charge in [-0.25, -0.2) is 9.18 Å². The third-order valence-electron chi connectivity index (χ3n) is 6.80. The summed E-state index contributed by atoms with van der Waals surface area (Å²) in [5.74, 6) is -1.31. The van der Waals surface area contributed by atoms with E-state index < -0.39 is 17.7 Å². The first-order valence-corrected chi connectivity index (χ1v) is 12.8. The predicted octanol–water partition coefficient (Wildman–Crippen LogP) is 3.94. The Kier molecular flexibility index (Phi) is 7.73. The van der Waals surface area contributed by atoms with Crippen LogP contribution in [0.5, 0.6) is 5.75 Å². The van der Waals surface area contributed by atoms with Crippen LogP contribution in [0.4, 0.5) is 21.5 Å². The van der Waals surface area contributed by atoms with Gasteiger partial charge in [-0.2, -0.15) is 4.89 Å². The fourth-order valence-corrected chi connectivity index (χ4v) is 4.71. The molecular weight excluding hydrogens is 531 g/mol. The number of hydrogen-bond donors (Lipinski definition) is 2. The molecule has 0 unspecified atom stereocenters. The molecule has 0 saturated carbocycles. The third-order valence-corrected chi connectivity index (χ3v) is 6.80. The van der Waals surface area contributed by atoms with E-state index in [2.05, 4.69) is 10.6 Å². The number of carbonyl (C=O) groups excluding carboxylic acids is 3. The van der Waals surface area contributed by atoms with Crippen molar-refractivity contribution in [1.82, 2.24) is 4.90 Å². The highest BCUT2D eigenvalue weighted by Crippen LogP contribution is 2.40. The van der Waals surface area contributed by atoms with Crippen molar-refractivity contribution in [2.75, 3.05) is 56.9 Å². The molecule has 10 nitrogen and oxygen atoms in total. The van der Waals surface area contributed by atoms with Gasteiger partial charge in [0.2, 0.25) is 5.91 Å². The number of anilines is 3. The number of fused-ring (bicyclic) bond motifs is 2. The van der Waals surface area contributed by atoms with Gasteiger partial charge in [-0.05, 0) is 50.5 Å². The monoisotopic (exact) mass is 560 g/mol. The van der Waals surface area contributed by atoms with Gasteiger partial charge in [0.05, 0.1) is 48.5 Å². The van der Waals surface area contributed by atoms with Crippen LogP contribution in [0.2, 0.25) is 0 Å². The zero-order chi connectivity index (χ0) is 29.3. The van der Waals surface area contributed by atoms with E-state index in [1.165, 1.54) is 31.2 Å². The van der Waals surface area contributed by atoms with Crippen LogP contribution in [0.1, 0.15) is 27.0 Å². The summed E-state index contributed by atoms with van der Waals surface area (Å²) in [6.07, 6.45) is 0.668. The molecule has 0 fully saturated rings. The summed E-state index contributed by atoms with van der Waals surface area (Å²) in [5.41, 5.74) is 3.95. The average molecular weight is 561 g/mol. The molecule has 0 atom stereocenters. The molecule has 2 amide bonds. The van der Waals surface area contributed by atoms with Gasteiger partial charge in [-0.1, -0.05) is 18.2 Å². The normalized spacial score (nSPS) is 14.9. The number of halogens is 1. The van der Waals surface area contributed by atoms with Crippen molar-refractivity contribution in [3.8, 4) is 5.75 Å². The Morgan fingerprint density at radius 3 is 2.56 bits per heavy atom. The zero-order valence-electron chi connectivity index (χ0n) is 23.0. The molecular formula is C30H29FN4O6. The quantitative estimate of drug-likeness (QED) is 0.254. The first kappa shape index (κ1) is 27.8. The van der Waals surface area contributed by atoms with E-state index in [4.69, 9.17) is 14.5 Å². The Morgan fingerprint density at radius 2 is 1.83 bits per heavy atom. The molecule has 0 aromatic heterocycles. The Balaban J connectivity index is 1.58. The summed E-state index contributed by atoms with van der Waals surface area (Å²) in [4.78, 5) is 51.4. The molecule has 11 heteroatoms. The van der Waals surface area contributed by atoms with Crippen molar-refractivity contribution in [2.45, 2.75) is 6.42 Å². The van der Waals surface area contributed by atoms with Crippen molar-refractivity contribution in [2.24, 2.45) is 0 Å². The molecule has 3 aromatic rings. The van der Waals surface area contributed by atoms with E-state index in [0.717, 1.165) is 5.56 Å². The summed E-state index contributed by atoms with van der Waals surface area (Å²) in [6, 6.07) is 14.6. The number of benzene rings is 3. The molecule has 0 spiro atoms. The van der Waals surface area contributed by atoms with Gasteiger partial charge in [0, 0.05) is 35.8 Å². The highest BCUT2D eigenvalue weighted by molar-refractivity contribution is 6.37. The molecule has 2 heterocycles. The van der Waals surface area contributed by atoms with Crippen LogP contribution in [0.15, 0.2) is 54.6 Å². The minimum Gasteiger partial charge on any atom is -0.465 e. The van der Waals surface area contributed by atoms with Crippen molar-refractivity contribution in [1.29, 1.82) is 0 Å². The van der Waals surface area contributed by atoms with Gasteiger partial charge in [-0.15, -0.1) is 0 Å². The molecule has 2 aliphatic rings. The summed E-state index contributed by atoms with van der Waals surface area (Å²) < 4.78 is 20.1. The van der Waals surface area contributed by atoms with Gasteiger partial charge in [-0.3, -0.25) is 9.59 Å². The molecule has 2 aliphatic heterocycles. The summed E-state index contributed by atoms with van der Waals surface area (Å²) in [6.45, 7) is 0.552. The fourth-order valence-electron chi connectivity index (χ4n) is 4.71. The maximum atomic E-state index is 15.3. The molecule has 0 saturated heterocycles. The van der Waals surface area contributed by atoms with Gasteiger partial charge >= 0.3 is 5.97 Å². The molecule has 0 aliphatic carbocycles. The highest BCUT2D eigenvalue weighted by atomic mass is 19.1. The predicted molar refractivity (Wildman–Crippen MR) is 152 cm³/mol. The van der Waals surface area contributed by atoms with E-state index in [0.29, 0.717) is 47.0 Å². The van der Waals surface area contributed by atoms with Crippen LogP contribution < -0.4 is 20.4 Å². The largest absolute Gasteiger partial charge is 0.465 e. The maximum Gasteiger partial charge on any atom is 0.337 e. The molecule has 0 bridgehead atoms. The first-order valence-electron chi connectivity index (χ1n) is 12.8. The lowest BCUT2D eigenvalue weighted by atomic mass is 9.97. The molecule has 3 aromatic carbocycles. The number of likely N-dealkylation sites (N-methyl/N-ethyl adjacent to an activating group) is 2. The lowest BCUT2D eigenvalue weighted by Gasteiger charge is -2.22. The number of nitrogens with one attached hydrogen (secondary N) is 2. The van der Waals surface area contributed by atoms with Gasteiger partial charge < -0.3 is 30.1 Å². The van der Waals surface area contributed by atoms with E-state index >= 15 is 4.39 Å². The fraction of sp³-hybridized carbons (Fsp3) is 0.233. The summed E-state index contributed by atoms with van der Waals surface area (Å²) >= 11 is 0. The molecule has 41 heavy (non-hydrogen) atoms. The van der Waals surface area contributed by atoms with E-state index in [9.17, 15) is 14.4 Å². The molecule has 0 radical (unpaired) electrons. The van der Waals surface area contributed by atoms with Crippen molar-refractivity contribution in [3.63, 3.8) is 0 Å². The maximum absolute atomic E-state index is 15.3. The van der Waals surface area contributed by atoms with Gasteiger partial charge in [0.1, 0.15) is 5.82 Å². The van der Waals surface area contributed by atoms with Crippen molar-refractivity contribution in [3.05, 3.63) is 82.7 Å². The topological polar surface area (TPSA) is 109 Å². The number of carbonyl (C=O) groups is 3. The van der Waals surface area contributed by atoms with E-state index in [-0.39, 0.29) is 29.3 Å². The van der Waals surface area contributed by atoms with Crippen molar-refractivity contribution >= 4 is 46.1 Å². The first-order chi connectivity index (χ1) is 19.7. The number of hydrogen-bond acceptors (Lipinski definition) is 8. The van der Waals surface area contributed by atoms with E-state index in [1.807, 2.05) is 12.1 Å². The van der Waals surface area contributed by atoms with Crippen LogP contribution in [-0.2, 0) is 25.6 Å². The lowest BCUT2D eigenvalue weighted by molar-refractivity contribution is -0.215. The van der Waals surface area contributed by atoms with Gasteiger partial charge in [0.25, 0.3) is 5.91 Å². The minimum atomic E-state index is -0.616. The van der Waals surface area contributed by atoms with E-state index in [1.54, 1.807) is 49.3 Å². The Labute approximate surface area is 236 Å².